The summed E-state index contributed by atoms with van der Waals surface area (Å²) in [4.78, 5) is 15.2. The zero-order valence-corrected chi connectivity index (χ0v) is 17.8. The fraction of sp³-hybridized carbons (Fsp3) is 0.0435. The zero-order chi connectivity index (χ0) is 20.8. The van der Waals surface area contributed by atoms with Crippen LogP contribution in [0.15, 0.2) is 72.8 Å². The summed E-state index contributed by atoms with van der Waals surface area (Å²) in [6.45, 7) is 0.386. The number of amides is 1. The van der Waals surface area contributed by atoms with Gasteiger partial charge in [-0.25, -0.2) is 4.68 Å². The van der Waals surface area contributed by atoms with Crippen molar-refractivity contribution >= 4 is 46.4 Å². The number of benzene rings is 3. The summed E-state index contributed by atoms with van der Waals surface area (Å²) in [5.41, 5.74) is 4.24. The Bertz CT molecular complexity index is 1270. The smallest absolute Gasteiger partial charge is 0.262 e. The SMILES string of the molecule is O=C1c2c(nn(-c3ccc(Cl)cc3Cl)c2-c2ccc(Cl)cc2)CN1c1ccccc1. The van der Waals surface area contributed by atoms with E-state index in [4.69, 9.17) is 39.9 Å². The molecule has 1 aliphatic rings. The number of rotatable bonds is 3. The highest BCUT2D eigenvalue weighted by Crippen LogP contribution is 2.38. The molecule has 148 valence electrons. The average molecular weight is 455 g/mol. The van der Waals surface area contributed by atoms with Gasteiger partial charge in [0.2, 0.25) is 0 Å². The van der Waals surface area contributed by atoms with Crippen molar-refractivity contribution in [2.24, 2.45) is 0 Å². The normalized spacial score (nSPS) is 13.0. The average Bonchev–Trinajstić information content (AvgIpc) is 3.26. The maximum Gasteiger partial charge on any atom is 0.262 e. The first-order valence-corrected chi connectivity index (χ1v) is 10.4. The Kier molecular flexibility index (Phi) is 4.78. The molecule has 0 bridgehead atoms. The van der Waals surface area contributed by atoms with Gasteiger partial charge in [0.1, 0.15) is 0 Å². The number of aromatic nitrogens is 2. The third-order valence-corrected chi connectivity index (χ3v) is 5.84. The Labute approximate surface area is 188 Å². The lowest BCUT2D eigenvalue weighted by Gasteiger charge is -2.17. The molecule has 0 radical (unpaired) electrons. The highest BCUT2D eigenvalue weighted by molar-refractivity contribution is 6.35. The first-order valence-electron chi connectivity index (χ1n) is 9.23. The van der Waals surface area contributed by atoms with Gasteiger partial charge in [-0.05, 0) is 42.5 Å². The molecule has 0 spiro atoms. The molecule has 1 aromatic heterocycles. The number of carbonyl (C=O) groups is 1. The van der Waals surface area contributed by atoms with Crippen molar-refractivity contribution in [3.05, 3.63) is 99.1 Å². The van der Waals surface area contributed by atoms with Gasteiger partial charge >= 0.3 is 0 Å². The maximum absolute atomic E-state index is 13.4. The highest BCUT2D eigenvalue weighted by Gasteiger charge is 2.36. The molecule has 4 aromatic rings. The van der Waals surface area contributed by atoms with Crippen molar-refractivity contribution < 1.29 is 4.79 Å². The van der Waals surface area contributed by atoms with E-state index in [1.807, 2.05) is 42.5 Å². The van der Waals surface area contributed by atoms with Crippen LogP contribution in [0.4, 0.5) is 5.69 Å². The number of hydrogen-bond acceptors (Lipinski definition) is 2. The van der Waals surface area contributed by atoms with Crippen LogP contribution in [0.25, 0.3) is 16.9 Å². The van der Waals surface area contributed by atoms with Gasteiger partial charge in [-0.1, -0.05) is 65.1 Å². The number of carbonyl (C=O) groups excluding carboxylic acids is 1. The van der Waals surface area contributed by atoms with Crippen LogP contribution in [-0.2, 0) is 6.54 Å². The summed E-state index contributed by atoms with van der Waals surface area (Å²) >= 11 is 18.6. The van der Waals surface area contributed by atoms with Crippen LogP contribution in [0.2, 0.25) is 15.1 Å². The minimum atomic E-state index is -0.0996. The van der Waals surface area contributed by atoms with Gasteiger partial charge in [-0.2, -0.15) is 5.10 Å². The molecule has 0 atom stereocenters. The van der Waals surface area contributed by atoms with E-state index in [0.717, 1.165) is 11.3 Å². The maximum atomic E-state index is 13.4. The van der Waals surface area contributed by atoms with E-state index in [9.17, 15) is 4.79 Å². The molecule has 0 N–H and O–H groups in total. The van der Waals surface area contributed by atoms with Gasteiger partial charge in [-0.3, -0.25) is 4.79 Å². The lowest BCUT2D eigenvalue weighted by molar-refractivity contribution is 0.0997. The molecule has 3 aromatic carbocycles. The van der Waals surface area contributed by atoms with Crippen molar-refractivity contribution in [1.82, 2.24) is 9.78 Å². The van der Waals surface area contributed by atoms with Gasteiger partial charge in [0.05, 0.1) is 34.2 Å². The van der Waals surface area contributed by atoms with Crippen molar-refractivity contribution in [2.75, 3.05) is 4.90 Å². The standard InChI is InChI=1S/C23H14Cl3N3O/c24-15-8-6-14(7-9-15)22-21-19(13-28(23(21)30)17-4-2-1-3-5-17)27-29(22)20-11-10-16(25)12-18(20)26/h1-12H,13H2. The second-order valence-electron chi connectivity index (χ2n) is 6.91. The summed E-state index contributed by atoms with van der Waals surface area (Å²) in [7, 11) is 0. The van der Waals surface area contributed by atoms with E-state index in [1.165, 1.54) is 0 Å². The summed E-state index contributed by atoms with van der Waals surface area (Å²) in [6.07, 6.45) is 0. The topological polar surface area (TPSA) is 38.1 Å². The van der Waals surface area contributed by atoms with Crippen molar-refractivity contribution in [3.8, 4) is 16.9 Å². The molecule has 0 fully saturated rings. The fourth-order valence-electron chi connectivity index (χ4n) is 3.67. The van der Waals surface area contributed by atoms with Crippen LogP contribution >= 0.6 is 34.8 Å². The Hall–Kier alpha value is -2.79. The molecular weight excluding hydrogens is 441 g/mol. The molecule has 2 heterocycles. The fourth-order valence-corrected chi connectivity index (χ4v) is 4.29. The predicted molar refractivity (Wildman–Crippen MR) is 121 cm³/mol. The van der Waals surface area contributed by atoms with Gasteiger partial charge in [0.15, 0.2) is 0 Å². The van der Waals surface area contributed by atoms with Crippen LogP contribution in [0.3, 0.4) is 0 Å². The second kappa shape index (κ2) is 7.47. The minimum Gasteiger partial charge on any atom is -0.302 e. The Balaban J connectivity index is 1.71. The van der Waals surface area contributed by atoms with Crippen LogP contribution in [0.5, 0.6) is 0 Å². The first kappa shape index (κ1) is 19.2. The number of fused-ring (bicyclic) bond motifs is 1. The van der Waals surface area contributed by atoms with Crippen LogP contribution in [0.1, 0.15) is 16.1 Å². The van der Waals surface area contributed by atoms with Crippen LogP contribution < -0.4 is 4.90 Å². The lowest BCUT2D eigenvalue weighted by atomic mass is 10.1. The van der Waals surface area contributed by atoms with Gasteiger partial charge in [0.25, 0.3) is 5.91 Å². The van der Waals surface area contributed by atoms with Crippen molar-refractivity contribution in [2.45, 2.75) is 6.54 Å². The Morgan fingerprint density at radius 2 is 1.53 bits per heavy atom. The number of halogens is 3. The first-order chi connectivity index (χ1) is 14.5. The number of anilines is 1. The molecule has 7 heteroatoms. The van der Waals surface area contributed by atoms with Gasteiger partial charge in [-0.15, -0.1) is 0 Å². The Morgan fingerprint density at radius 3 is 2.23 bits per heavy atom. The molecule has 0 unspecified atom stereocenters. The number of nitrogens with zero attached hydrogens (tertiary/aromatic N) is 3. The quantitative estimate of drug-likeness (QED) is 0.347. The van der Waals surface area contributed by atoms with Gasteiger partial charge in [0, 0.05) is 21.3 Å². The monoisotopic (exact) mass is 453 g/mol. The molecular formula is C23H14Cl3N3O. The summed E-state index contributed by atoms with van der Waals surface area (Å²) in [5.74, 6) is -0.0996. The highest BCUT2D eigenvalue weighted by atomic mass is 35.5. The third-order valence-electron chi connectivity index (χ3n) is 5.05. The molecule has 30 heavy (non-hydrogen) atoms. The molecule has 5 rings (SSSR count). The van der Waals surface area contributed by atoms with Crippen molar-refractivity contribution in [3.63, 3.8) is 0 Å². The largest absolute Gasteiger partial charge is 0.302 e. The molecule has 1 aliphatic heterocycles. The van der Waals surface area contributed by atoms with E-state index in [-0.39, 0.29) is 5.91 Å². The minimum absolute atomic E-state index is 0.0996. The number of para-hydroxylation sites is 1. The van der Waals surface area contributed by atoms with Crippen LogP contribution in [-0.4, -0.2) is 15.7 Å². The van der Waals surface area contributed by atoms with E-state index >= 15 is 0 Å². The third kappa shape index (κ3) is 3.18. The predicted octanol–water partition coefficient (Wildman–Crippen LogP) is 6.66. The van der Waals surface area contributed by atoms with Crippen molar-refractivity contribution in [1.29, 1.82) is 0 Å². The van der Waals surface area contributed by atoms with Crippen LogP contribution in [0, 0.1) is 0 Å². The lowest BCUT2D eigenvalue weighted by Crippen LogP contribution is -2.24. The summed E-state index contributed by atoms with van der Waals surface area (Å²) in [6, 6.07) is 22.1. The van der Waals surface area contributed by atoms with E-state index in [0.29, 0.717) is 44.3 Å². The molecule has 0 aliphatic carbocycles. The molecule has 0 saturated heterocycles. The van der Waals surface area contributed by atoms with Gasteiger partial charge < -0.3 is 4.90 Å². The second-order valence-corrected chi connectivity index (χ2v) is 8.19. The Morgan fingerprint density at radius 1 is 0.833 bits per heavy atom. The van der Waals surface area contributed by atoms with E-state index in [2.05, 4.69) is 0 Å². The number of hydrogen-bond donors (Lipinski definition) is 0. The molecule has 0 saturated carbocycles. The molecule has 1 amide bonds. The van der Waals surface area contributed by atoms with E-state index < -0.39 is 0 Å². The van der Waals surface area contributed by atoms with E-state index in [1.54, 1.807) is 39.9 Å². The summed E-state index contributed by atoms with van der Waals surface area (Å²) in [5, 5.41) is 6.36. The zero-order valence-electron chi connectivity index (χ0n) is 15.5. The molecule has 4 nitrogen and oxygen atoms in total. The summed E-state index contributed by atoms with van der Waals surface area (Å²) < 4.78 is 1.72.